The lowest BCUT2D eigenvalue weighted by Gasteiger charge is -2.04. The predicted molar refractivity (Wildman–Crippen MR) is 63.6 cm³/mol. The van der Waals surface area contributed by atoms with Gasteiger partial charge in [-0.3, -0.25) is 14.4 Å². The van der Waals surface area contributed by atoms with Gasteiger partial charge in [-0.1, -0.05) is 0 Å². The molecule has 0 N–H and O–H groups in total. The summed E-state index contributed by atoms with van der Waals surface area (Å²) in [5.74, 6) is 0. The zero-order valence-corrected chi connectivity index (χ0v) is 8.78. The Balaban J connectivity index is 2.48. The first-order chi connectivity index (χ1) is 8.45. The van der Waals surface area contributed by atoms with Gasteiger partial charge in [0.2, 0.25) is 0 Å². The van der Waals surface area contributed by atoms with Gasteiger partial charge in [0, 0.05) is 24.0 Å². The molecule has 80 valence electrons. The number of hydrogen-bond acceptors (Lipinski definition) is 4. The molecule has 0 saturated carbocycles. The van der Waals surface area contributed by atoms with Crippen molar-refractivity contribution in [2.24, 2.45) is 0 Å². The van der Waals surface area contributed by atoms with Crippen LogP contribution in [-0.4, -0.2) is 24.3 Å². The highest BCUT2D eigenvalue weighted by Gasteiger charge is 2.10. The smallest absolute Gasteiger partial charge is 0.147 e. The average Bonchev–Trinajstić information content (AvgIpc) is 2.89. The van der Waals surface area contributed by atoms with Crippen molar-refractivity contribution in [1.82, 2.24) is 24.3 Å². The van der Waals surface area contributed by atoms with E-state index in [1.807, 2.05) is 16.5 Å². The van der Waals surface area contributed by atoms with E-state index in [4.69, 9.17) is 0 Å². The Hall–Kier alpha value is -2.56. The molecule has 4 aromatic rings. The second kappa shape index (κ2) is 2.98. The Labute approximate surface area is 95.8 Å². The van der Waals surface area contributed by atoms with Crippen molar-refractivity contribution < 1.29 is 0 Å². The van der Waals surface area contributed by atoms with Gasteiger partial charge in [0.1, 0.15) is 23.0 Å². The summed E-state index contributed by atoms with van der Waals surface area (Å²) in [6.07, 6.45) is 8.69. The first-order valence-corrected chi connectivity index (χ1v) is 5.24. The summed E-state index contributed by atoms with van der Waals surface area (Å²) < 4.78 is 1.94. The molecule has 0 aliphatic rings. The Morgan fingerprint density at radius 1 is 0.941 bits per heavy atom. The third-order valence-electron chi connectivity index (χ3n) is 2.85. The highest BCUT2D eigenvalue weighted by atomic mass is 15.0. The molecule has 0 radical (unpaired) electrons. The molecule has 0 saturated heterocycles. The molecule has 0 unspecified atom stereocenters. The first kappa shape index (κ1) is 8.58. The predicted octanol–water partition coefficient (Wildman–Crippen LogP) is 1.83. The van der Waals surface area contributed by atoms with Crippen LogP contribution >= 0.6 is 0 Å². The number of fused-ring (bicyclic) bond motifs is 6. The molecule has 0 atom stereocenters. The molecular weight excluding hydrogens is 214 g/mol. The van der Waals surface area contributed by atoms with E-state index in [9.17, 15) is 0 Å². The van der Waals surface area contributed by atoms with Gasteiger partial charge >= 0.3 is 0 Å². The van der Waals surface area contributed by atoms with E-state index >= 15 is 0 Å². The van der Waals surface area contributed by atoms with E-state index in [0.717, 1.165) is 27.6 Å². The van der Waals surface area contributed by atoms with E-state index in [-0.39, 0.29) is 0 Å². The summed E-state index contributed by atoms with van der Waals surface area (Å²) in [7, 11) is 0. The summed E-state index contributed by atoms with van der Waals surface area (Å²) in [4.78, 5) is 17.3. The molecule has 0 aromatic carbocycles. The molecule has 0 aliphatic carbocycles. The summed E-state index contributed by atoms with van der Waals surface area (Å²) in [5.41, 5.74) is 3.50. The number of nitrogens with zero attached hydrogens (tertiary/aromatic N) is 5. The standard InChI is InChI=1S/C12H7N5/c1-2-8-10-11(15-5-4-14-10)9-6-13-7-17(9)12(8)16-3-1/h1-7H. The van der Waals surface area contributed by atoms with Crippen LogP contribution in [0.2, 0.25) is 0 Å². The molecule has 4 aromatic heterocycles. The Bertz CT molecular complexity index is 779. The SMILES string of the molecule is c1cnc2c(c1)c1nccnc1c1cncn12. The molecule has 17 heavy (non-hydrogen) atoms. The maximum Gasteiger partial charge on any atom is 0.147 e. The molecule has 0 amide bonds. The van der Waals surface area contributed by atoms with Crippen molar-refractivity contribution in [2.45, 2.75) is 0 Å². The summed E-state index contributed by atoms with van der Waals surface area (Å²) in [6, 6.07) is 3.90. The minimum Gasteiger partial charge on any atom is -0.281 e. The van der Waals surface area contributed by atoms with E-state index in [0.29, 0.717) is 0 Å². The highest BCUT2D eigenvalue weighted by molar-refractivity contribution is 6.07. The van der Waals surface area contributed by atoms with Crippen LogP contribution in [0.25, 0.3) is 27.6 Å². The maximum absolute atomic E-state index is 4.40. The lowest BCUT2D eigenvalue weighted by atomic mass is 10.2. The number of rotatable bonds is 0. The fourth-order valence-electron chi connectivity index (χ4n) is 2.14. The van der Waals surface area contributed by atoms with Crippen LogP contribution in [0.1, 0.15) is 0 Å². The second-order valence-corrected chi connectivity index (χ2v) is 3.78. The zero-order valence-electron chi connectivity index (χ0n) is 8.78. The Kier molecular flexibility index (Phi) is 1.50. The highest BCUT2D eigenvalue weighted by Crippen LogP contribution is 2.24. The van der Waals surface area contributed by atoms with Gasteiger partial charge in [-0.25, -0.2) is 9.97 Å². The van der Waals surface area contributed by atoms with Crippen molar-refractivity contribution >= 4 is 27.6 Å². The minimum atomic E-state index is 0.852. The van der Waals surface area contributed by atoms with Gasteiger partial charge in [-0.15, -0.1) is 0 Å². The van der Waals surface area contributed by atoms with Gasteiger partial charge in [0.25, 0.3) is 0 Å². The largest absolute Gasteiger partial charge is 0.281 e. The number of pyridine rings is 2. The van der Waals surface area contributed by atoms with Crippen LogP contribution in [0.3, 0.4) is 0 Å². The van der Waals surface area contributed by atoms with Crippen molar-refractivity contribution in [1.29, 1.82) is 0 Å². The molecule has 4 heterocycles. The van der Waals surface area contributed by atoms with E-state index in [1.54, 1.807) is 31.1 Å². The fraction of sp³-hybridized carbons (Fsp3) is 0. The van der Waals surface area contributed by atoms with Crippen molar-refractivity contribution in [2.75, 3.05) is 0 Å². The summed E-state index contributed by atoms with van der Waals surface area (Å²) in [5, 5.41) is 0.987. The van der Waals surface area contributed by atoms with Gasteiger partial charge in [-0.05, 0) is 12.1 Å². The van der Waals surface area contributed by atoms with Crippen LogP contribution in [0.4, 0.5) is 0 Å². The van der Waals surface area contributed by atoms with Crippen molar-refractivity contribution in [3.8, 4) is 0 Å². The lowest BCUT2D eigenvalue weighted by Crippen LogP contribution is -1.94. The Morgan fingerprint density at radius 3 is 2.76 bits per heavy atom. The monoisotopic (exact) mass is 221 g/mol. The maximum atomic E-state index is 4.40. The molecule has 0 bridgehead atoms. The van der Waals surface area contributed by atoms with Crippen LogP contribution in [0.5, 0.6) is 0 Å². The third-order valence-corrected chi connectivity index (χ3v) is 2.85. The van der Waals surface area contributed by atoms with Crippen LogP contribution in [-0.2, 0) is 0 Å². The molecule has 0 aliphatic heterocycles. The molecule has 0 fully saturated rings. The third kappa shape index (κ3) is 1.02. The van der Waals surface area contributed by atoms with E-state index in [1.165, 1.54) is 0 Å². The molecule has 4 rings (SSSR count). The minimum absolute atomic E-state index is 0.852. The van der Waals surface area contributed by atoms with Crippen LogP contribution in [0, 0.1) is 0 Å². The van der Waals surface area contributed by atoms with E-state index < -0.39 is 0 Å². The molecule has 0 spiro atoms. The van der Waals surface area contributed by atoms with Crippen molar-refractivity contribution in [3.63, 3.8) is 0 Å². The van der Waals surface area contributed by atoms with Crippen LogP contribution < -0.4 is 0 Å². The van der Waals surface area contributed by atoms with Gasteiger partial charge < -0.3 is 0 Å². The van der Waals surface area contributed by atoms with Crippen molar-refractivity contribution in [3.05, 3.63) is 43.2 Å². The van der Waals surface area contributed by atoms with Gasteiger partial charge in [0.15, 0.2) is 0 Å². The fourth-order valence-corrected chi connectivity index (χ4v) is 2.14. The number of hydrogen-bond donors (Lipinski definition) is 0. The summed E-state index contributed by atoms with van der Waals surface area (Å²) in [6.45, 7) is 0. The quantitative estimate of drug-likeness (QED) is 0.425. The molecule has 5 heteroatoms. The zero-order chi connectivity index (χ0) is 11.2. The lowest BCUT2D eigenvalue weighted by molar-refractivity contribution is 1.16. The topological polar surface area (TPSA) is 56.0 Å². The van der Waals surface area contributed by atoms with Crippen LogP contribution in [0.15, 0.2) is 43.2 Å². The van der Waals surface area contributed by atoms with Gasteiger partial charge in [-0.2, -0.15) is 0 Å². The Morgan fingerprint density at radius 2 is 1.82 bits per heavy atom. The summed E-state index contributed by atoms with van der Waals surface area (Å²) >= 11 is 0. The molecular formula is C12H7N5. The number of aromatic nitrogens is 5. The normalized spacial score (nSPS) is 11.5. The first-order valence-electron chi connectivity index (χ1n) is 5.24. The van der Waals surface area contributed by atoms with Gasteiger partial charge in [0.05, 0.1) is 11.7 Å². The van der Waals surface area contributed by atoms with E-state index in [2.05, 4.69) is 19.9 Å². The molecule has 5 nitrogen and oxygen atoms in total. The second-order valence-electron chi connectivity index (χ2n) is 3.78. The number of imidazole rings is 1. The average molecular weight is 221 g/mol.